The van der Waals surface area contributed by atoms with E-state index >= 15 is 0 Å². The molecule has 1 aromatic heterocycles. The maximum absolute atomic E-state index is 12.8. The molecule has 0 atom stereocenters. The highest BCUT2D eigenvalue weighted by Gasteiger charge is 2.46. The fraction of sp³-hybridized carbons (Fsp3) is 0.211. The summed E-state index contributed by atoms with van der Waals surface area (Å²) in [5, 5.41) is 22.1. The first-order valence-electron chi connectivity index (χ1n) is 8.65. The van der Waals surface area contributed by atoms with E-state index in [0.717, 1.165) is 22.9 Å². The Kier molecular flexibility index (Phi) is 4.46. The summed E-state index contributed by atoms with van der Waals surface area (Å²) in [7, 11) is 0. The molecule has 28 heavy (non-hydrogen) atoms. The van der Waals surface area contributed by atoms with Gasteiger partial charge in [0, 0.05) is 16.6 Å². The number of hydrogen-bond acceptors (Lipinski definition) is 5. The van der Waals surface area contributed by atoms with Crippen molar-refractivity contribution in [2.24, 2.45) is 0 Å². The highest BCUT2D eigenvalue weighted by atomic mass is 79.9. The first kappa shape index (κ1) is 18.3. The average molecular weight is 442 g/mol. The first-order chi connectivity index (χ1) is 13.4. The van der Waals surface area contributed by atoms with Gasteiger partial charge in [-0.1, -0.05) is 39.3 Å². The molecule has 0 spiro atoms. The molecule has 9 heteroatoms. The second kappa shape index (κ2) is 6.83. The van der Waals surface area contributed by atoms with E-state index in [0.29, 0.717) is 11.4 Å². The third kappa shape index (κ3) is 3.29. The van der Waals surface area contributed by atoms with Crippen LogP contribution in [-0.4, -0.2) is 25.8 Å². The molecule has 1 fully saturated rings. The molecular weight excluding hydrogens is 426 g/mol. The fourth-order valence-corrected chi connectivity index (χ4v) is 3.44. The predicted molar refractivity (Wildman–Crippen MR) is 105 cm³/mol. The minimum absolute atomic E-state index is 0.0504. The van der Waals surface area contributed by atoms with Crippen LogP contribution in [0.2, 0.25) is 0 Å². The van der Waals surface area contributed by atoms with Crippen LogP contribution in [0.1, 0.15) is 34.6 Å². The van der Waals surface area contributed by atoms with Crippen LogP contribution < -0.4 is 5.32 Å². The quantitative estimate of drug-likeness (QED) is 0.480. The summed E-state index contributed by atoms with van der Waals surface area (Å²) in [6.45, 7) is 1.72. The van der Waals surface area contributed by atoms with Gasteiger partial charge in [0.15, 0.2) is 5.69 Å². The summed E-state index contributed by atoms with van der Waals surface area (Å²) >= 11 is 3.42. The number of carbonyl (C=O) groups excluding carboxylic acids is 1. The Hall–Kier alpha value is -3.07. The minimum Gasteiger partial charge on any atom is -0.341 e. The summed E-state index contributed by atoms with van der Waals surface area (Å²) in [6, 6.07) is 13.9. The van der Waals surface area contributed by atoms with E-state index in [1.54, 1.807) is 19.1 Å². The second-order valence-electron chi connectivity index (χ2n) is 6.76. The fourth-order valence-electron chi connectivity index (χ4n) is 3.18. The van der Waals surface area contributed by atoms with Crippen molar-refractivity contribution in [3.8, 4) is 5.69 Å². The number of hydrogen-bond donors (Lipinski definition) is 1. The topological polar surface area (TPSA) is 103 Å². The number of rotatable bonds is 5. The van der Waals surface area contributed by atoms with Crippen LogP contribution in [-0.2, 0) is 5.54 Å². The average Bonchev–Trinajstić information content (AvgIpc) is 3.35. The second-order valence-corrected chi connectivity index (χ2v) is 7.67. The van der Waals surface area contributed by atoms with Crippen LogP contribution in [0.4, 0.5) is 5.69 Å². The lowest BCUT2D eigenvalue weighted by Crippen LogP contribution is -2.35. The van der Waals surface area contributed by atoms with E-state index in [9.17, 15) is 14.9 Å². The third-order valence-electron chi connectivity index (χ3n) is 4.89. The molecule has 1 saturated carbocycles. The lowest BCUT2D eigenvalue weighted by molar-refractivity contribution is -0.384. The molecule has 2 aromatic carbocycles. The van der Waals surface area contributed by atoms with E-state index in [-0.39, 0.29) is 22.8 Å². The zero-order chi connectivity index (χ0) is 19.9. The van der Waals surface area contributed by atoms with Gasteiger partial charge in [-0.15, -0.1) is 5.10 Å². The van der Waals surface area contributed by atoms with Crippen LogP contribution in [0.3, 0.4) is 0 Å². The van der Waals surface area contributed by atoms with Crippen molar-refractivity contribution in [3.05, 3.63) is 80.1 Å². The van der Waals surface area contributed by atoms with E-state index in [4.69, 9.17) is 0 Å². The molecule has 1 N–H and O–H groups in total. The molecule has 1 aliphatic carbocycles. The van der Waals surface area contributed by atoms with Gasteiger partial charge in [-0.2, -0.15) is 0 Å². The van der Waals surface area contributed by atoms with Gasteiger partial charge in [-0.3, -0.25) is 14.9 Å². The van der Waals surface area contributed by atoms with Crippen molar-refractivity contribution in [2.75, 3.05) is 0 Å². The Morgan fingerprint density at radius 1 is 1.25 bits per heavy atom. The van der Waals surface area contributed by atoms with Gasteiger partial charge < -0.3 is 5.32 Å². The summed E-state index contributed by atoms with van der Waals surface area (Å²) in [5.41, 5.74) is 1.82. The van der Waals surface area contributed by atoms with Crippen LogP contribution in [0.25, 0.3) is 5.69 Å². The summed E-state index contributed by atoms with van der Waals surface area (Å²) < 4.78 is 2.41. The van der Waals surface area contributed by atoms with Gasteiger partial charge in [0.1, 0.15) is 0 Å². The number of nitro benzene ring substituents is 1. The van der Waals surface area contributed by atoms with Crippen molar-refractivity contribution in [3.63, 3.8) is 0 Å². The molecule has 4 rings (SSSR count). The summed E-state index contributed by atoms with van der Waals surface area (Å²) in [6.07, 6.45) is 1.72. The standard InChI is InChI=1S/C19H16BrN5O3/c1-12-17(22-23-24(12)15-3-2-4-16(11-15)25(27)28)18(26)21-19(9-10-19)13-5-7-14(20)8-6-13/h2-8,11H,9-10H2,1H3,(H,21,26). The Balaban J connectivity index is 1.59. The normalized spacial score (nSPS) is 14.5. The number of nitro groups is 1. The zero-order valence-electron chi connectivity index (χ0n) is 14.9. The molecule has 142 valence electrons. The van der Waals surface area contributed by atoms with Gasteiger partial charge in [0.05, 0.1) is 21.8 Å². The number of carbonyl (C=O) groups is 1. The maximum atomic E-state index is 12.8. The van der Waals surface area contributed by atoms with E-state index in [2.05, 4.69) is 31.6 Å². The van der Waals surface area contributed by atoms with Gasteiger partial charge in [-0.05, 0) is 43.5 Å². The van der Waals surface area contributed by atoms with E-state index in [1.807, 2.05) is 24.3 Å². The number of benzene rings is 2. The molecule has 8 nitrogen and oxygen atoms in total. The van der Waals surface area contributed by atoms with Crippen molar-refractivity contribution < 1.29 is 9.72 Å². The first-order valence-corrected chi connectivity index (χ1v) is 9.45. The lowest BCUT2D eigenvalue weighted by atomic mass is 10.0. The molecule has 0 unspecified atom stereocenters. The van der Waals surface area contributed by atoms with Gasteiger partial charge >= 0.3 is 0 Å². The van der Waals surface area contributed by atoms with Gasteiger partial charge in [0.25, 0.3) is 11.6 Å². The molecule has 0 bridgehead atoms. The molecule has 1 heterocycles. The lowest BCUT2D eigenvalue weighted by Gasteiger charge is -2.17. The largest absolute Gasteiger partial charge is 0.341 e. The maximum Gasteiger partial charge on any atom is 0.274 e. The number of nitrogens with one attached hydrogen (secondary N) is 1. The minimum atomic E-state index is -0.474. The molecule has 3 aromatic rings. The van der Waals surface area contributed by atoms with Crippen LogP contribution in [0, 0.1) is 17.0 Å². The predicted octanol–water partition coefficient (Wildman–Crippen LogP) is 3.67. The highest BCUT2D eigenvalue weighted by Crippen LogP contribution is 2.45. The molecule has 1 aliphatic rings. The Bertz CT molecular complexity index is 1070. The SMILES string of the molecule is Cc1c(C(=O)NC2(c3ccc(Br)cc3)CC2)nnn1-c1cccc([N+](=O)[O-])c1. The number of amides is 1. The third-order valence-corrected chi connectivity index (χ3v) is 5.42. The van der Waals surface area contributed by atoms with Crippen LogP contribution >= 0.6 is 15.9 Å². The van der Waals surface area contributed by atoms with E-state index in [1.165, 1.54) is 16.8 Å². The smallest absolute Gasteiger partial charge is 0.274 e. The highest BCUT2D eigenvalue weighted by molar-refractivity contribution is 9.10. The van der Waals surface area contributed by atoms with Crippen molar-refractivity contribution in [2.45, 2.75) is 25.3 Å². The number of halogens is 1. The number of nitrogens with zero attached hydrogens (tertiary/aromatic N) is 4. The summed E-state index contributed by atoms with van der Waals surface area (Å²) in [4.78, 5) is 23.4. The van der Waals surface area contributed by atoms with Crippen LogP contribution in [0.15, 0.2) is 53.0 Å². The Labute approximate surface area is 168 Å². The Morgan fingerprint density at radius 3 is 2.61 bits per heavy atom. The van der Waals surface area contributed by atoms with E-state index < -0.39 is 4.92 Å². The van der Waals surface area contributed by atoms with Crippen molar-refractivity contribution >= 4 is 27.5 Å². The monoisotopic (exact) mass is 441 g/mol. The summed E-state index contributed by atoms with van der Waals surface area (Å²) in [5.74, 6) is -0.311. The number of aromatic nitrogens is 3. The van der Waals surface area contributed by atoms with Crippen molar-refractivity contribution in [1.29, 1.82) is 0 Å². The van der Waals surface area contributed by atoms with Crippen LogP contribution in [0.5, 0.6) is 0 Å². The molecule has 1 amide bonds. The molecule has 0 aliphatic heterocycles. The molecule has 0 radical (unpaired) electrons. The molecule has 0 saturated heterocycles. The van der Waals surface area contributed by atoms with Crippen molar-refractivity contribution in [1.82, 2.24) is 20.3 Å². The molecular formula is C19H16BrN5O3. The van der Waals surface area contributed by atoms with Gasteiger partial charge in [0.2, 0.25) is 0 Å². The Morgan fingerprint density at radius 2 is 1.96 bits per heavy atom. The zero-order valence-corrected chi connectivity index (χ0v) is 16.5. The number of non-ortho nitro benzene ring substituents is 1. The van der Waals surface area contributed by atoms with Gasteiger partial charge in [-0.25, -0.2) is 4.68 Å².